The van der Waals surface area contributed by atoms with E-state index in [9.17, 15) is 4.79 Å². The number of nitrogens with zero attached hydrogens (tertiary/aromatic N) is 2. The number of carbonyl (C=O) groups excluding carboxylic acids is 1. The zero-order chi connectivity index (χ0) is 19.4. The minimum atomic E-state index is -0.0944. The number of amides is 1. The fourth-order valence-corrected chi connectivity index (χ4v) is 3.03. The molecular formula is C21H22N4O2. The average Bonchev–Trinajstić information content (AvgIpc) is 3.02. The van der Waals surface area contributed by atoms with Crippen LogP contribution in [0, 0.1) is 29.6 Å². The first-order valence-corrected chi connectivity index (χ1v) is 8.92. The molecule has 0 saturated carbocycles. The van der Waals surface area contributed by atoms with E-state index in [2.05, 4.69) is 18.0 Å². The third-order valence-corrected chi connectivity index (χ3v) is 4.76. The van der Waals surface area contributed by atoms with E-state index in [1.54, 1.807) is 17.2 Å². The fourth-order valence-electron chi connectivity index (χ4n) is 3.03. The van der Waals surface area contributed by atoms with Crippen molar-refractivity contribution in [1.82, 2.24) is 9.88 Å². The molecule has 0 radical (unpaired) electrons. The van der Waals surface area contributed by atoms with Gasteiger partial charge in [-0.2, -0.15) is 5.26 Å². The number of ether oxygens (including phenoxy) is 1. The van der Waals surface area contributed by atoms with Crippen LogP contribution in [0.25, 0.3) is 5.76 Å². The Morgan fingerprint density at radius 3 is 2.70 bits per heavy atom. The molecular weight excluding hydrogens is 340 g/mol. The predicted molar refractivity (Wildman–Crippen MR) is 104 cm³/mol. The van der Waals surface area contributed by atoms with Crippen molar-refractivity contribution in [2.75, 3.05) is 13.1 Å². The molecule has 1 aromatic carbocycles. The van der Waals surface area contributed by atoms with Gasteiger partial charge in [0.1, 0.15) is 5.75 Å². The molecule has 1 amide bonds. The molecule has 2 N–H and O–H groups in total. The summed E-state index contributed by atoms with van der Waals surface area (Å²) in [5.74, 6) is 0.976. The van der Waals surface area contributed by atoms with Crippen molar-refractivity contribution >= 4 is 17.9 Å². The van der Waals surface area contributed by atoms with Gasteiger partial charge in [-0.15, -0.1) is 0 Å². The van der Waals surface area contributed by atoms with E-state index >= 15 is 0 Å². The summed E-state index contributed by atoms with van der Waals surface area (Å²) in [6.45, 7) is 4.88. The molecule has 0 unspecified atom stereocenters. The second kappa shape index (κ2) is 7.92. The normalized spacial score (nSPS) is 14.4. The van der Waals surface area contributed by atoms with Crippen LogP contribution in [-0.2, 0) is 6.42 Å². The van der Waals surface area contributed by atoms with Gasteiger partial charge in [-0.05, 0) is 36.6 Å². The molecule has 6 nitrogen and oxygen atoms in total. The van der Waals surface area contributed by atoms with E-state index in [1.807, 2.05) is 31.2 Å². The zero-order valence-electron chi connectivity index (χ0n) is 15.5. The van der Waals surface area contributed by atoms with E-state index in [0.717, 1.165) is 18.2 Å². The van der Waals surface area contributed by atoms with Gasteiger partial charge in [-0.3, -0.25) is 4.79 Å². The summed E-state index contributed by atoms with van der Waals surface area (Å²) in [5.41, 5.74) is 3.20. The van der Waals surface area contributed by atoms with Crippen molar-refractivity contribution in [3.8, 4) is 11.8 Å². The molecule has 0 spiro atoms. The van der Waals surface area contributed by atoms with E-state index in [-0.39, 0.29) is 11.8 Å². The van der Waals surface area contributed by atoms with Gasteiger partial charge < -0.3 is 20.0 Å². The maximum absolute atomic E-state index is 12.6. The number of nitriles is 1. The van der Waals surface area contributed by atoms with E-state index in [4.69, 9.17) is 15.4 Å². The molecule has 2 heterocycles. The third-order valence-electron chi connectivity index (χ3n) is 4.76. The summed E-state index contributed by atoms with van der Waals surface area (Å²) in [4.78, 5) is 17.4. The van der Waals surface area contributed by atoms with E-state index in [0.29, 0.717) is 35.9 Å². The smallest absolute Gasteiger partial charge is 0.255 e. The lowest BCUT2D eigenvalue weighted by molar-refractivity contribution is 0.0577. The molecule has 1 aliphatic heterocycles. The zero-order valence-corrected chi connectivity index (χ0v) is 15.5. The van der Waals surface area contributed by atoms with Crippen molar-refractivity contribution in [2.45, 2.75) is 20.3 Å². The lowest BCUT2D eigenvalue weighted by Gasteiger charge is -2.35. The second-order valence-corrected chi connectivity index (χ2v) is 6.54. The molecule has 6 heteroatoms. The molecule has 1 aliphatic rings. The number of hydrogen-bond acceptors (Lipinski definition) is 4. The first kappa shape index (κ1) is 18.5. The monoisotopic (exact) mass is 362 g/mol. The van der Waals surface area contributed by atoms with Crippen LogP contribution in [0.1, 0.15) is 34.1 Å². The van der Waals surface area contributed by atoms with Gasteiger partial charge >= 0.3 is 0 Å². The number of aromatic nitrogens is 1. The molecule has 27 heavy (non-hydrogen) atoms. The molecule has 3 rings (SSSR count). The number of likely N-dealkylation sites (tertiary alicyclic amines) is 1. The predicted octanol–water partition coefficient (Wildman–Crippen LogP) is 3.55. The van der Waals surface area contributed by atoms with Crippen molar-refractivity contribution in [2.24, 2.45) is 5.92 Å². The number of H-pyrrole nitrogens is 1. The summed E-state index contributed by atoms with van der Waals surface area (Å²) in [7, 11) is 0. The number of nitrogens with one attached hydrogen (secondary N) is 2. The molecule has 1 aromatic heterocycles. The highest BCUT2D eigenvalue weighted by Crippen LogP contribution is 2.27. The first-order chi connectivity index (χ1) is 13.1. The van der Waals surface area contributed by atoms with Crippen LogP contribution in [-0.4, -0.2) is 35.1 Å². The standard InChI is InChI=1S/C21H22N4O2/c1-3-15-4-6-17(7-5-15)27-19(8-9-22)20-14(2)18(11-24-20)21(26)25-12-16(10-23)13-25/h4-9,11,16,22,24H,3,12-13H2,1-2H3/b19-8+,22-9?. The Labute approximate surface area is 158 Å². The van der Waals surface area contributed by atoms with Crippen LogP contribution in [0.5, 0.6) is 5.75 Å². The van der Waals surface area contributed by atoms with Crippen molar-refractivity contribution in [3.63, 3.8) is 0 Å². The number of carbonyl (C=O) groups is 1. The van der Waals surface area contributed by atoms with Crippen LogP contribution < -0.4 is 4.74 Å². The minimum Gasteiger partial charge on any atom is -0.455 e. The second-order valence-electron chi connectivity index (χ2n) is 6.54. The Kier molecular flexibility index (Phi) is 5.41. The van der Waals surface area contributed by atoms with Crippen LogP contribution in [0.2, 0.25) is 0 Å². The summed E-state index contributed by atoms with van der Waals surface area (Å²) in [6, 6.07) is 9.96. The maximum Gasteiger partial charge on any atom is 0.255 e. The molecule has 0 aliphatic carbocycles. The fraction of sp³-hybridized carbons (Fsp3) is 0.286. The van der Waals surface area contributed by atoms with Crippen LogP contribution in [0.4, 0.5) is 0 Å². The molecule has 1 fully saturated rings. The molecule has 2 aromatic rings. The van der Waals surface area contributed by atoms with Gasteiger partial charge in [0.2, 0.25) is 0 Å². The van der Waals surface area contributed by atoms with Crippen molar-refractivity contribution in [3.05, 3.63) is 58.9 Å². The summed E-state index contributed by atoms with van der Waals surface area (Å²) in [5, 5.41) is 16.3. The number of allylic oxidation sites excluding steroid dienone is 1. The number of rotatable bonds is 6. The first-order valence-electron chi connectivity index (χ1n) is 8.92. The SMILES string of the molecule is CCc1ccc(O/C(=C/C=N)c2[nH]cc(C(=O)N3CC(C#N)C3)c2C)cc1. The van der Waals surface area contributed by atoms with Gasteiger partial charge in [0.25, 0.3) is 5.91 Å². The third kappa shape index (κ3) is 3.77. The van der Waals surface area contributed by atoms with E-state index < -0.39 is 0 Å². The van der Waals surface area contributed by atoms with Crippen LogP contribution in [0.3, 0.4) is 0 Å². The lowest BCUT2D eigenvalue weighted by atomic mass is 10.00. The number of aromatic amines is 1. The Bertz CT molecular complexity index is 913. The molecule has 0 atom stereocenters. The van der Waals surface area contributed by atoms with Gasteiger partial charge in [-0.25, -0.2) is 0 Å². The summed E-state index contributed by atoms with van der Waals surface area (Å²) < 4.78 is 5.96. The van der Waals surface area contributed by atoms with Crippen molar-refractivity contribution < 1.29 is 9.53 Å². The van der Waals surface area contributed by atoms with Gasteiger partial charge in [0.15, 0.2) is 5.76 Å². The Morgan fingerprint density at radius 2 is 2.11 bits per heavy atom. The Hall–Kier alpha value is -3.33. The molecule has 1 saturated heterocycles. The topological polar surface area (TPSA) is 93.0 Å². The Morgan fingerprint density at radius 1 is 1.41 bits per heavy atom. The lowest BCUT2D eigenvalue weighted by Crippen LogP contribution is -2.49. The quantitative estimate of drug-likeness (QED) is 0.608. The Balaban J connectivity index is 1.81. The number of hydrogen-bond donors (Lipinski definition) is 2. The van der Waals surface area contributed by atoms with Crippen LogP contribution >= 0.6 is 0 Å². The number of benzene rings is 1. The van der Waals surface area contributed by atoms with Gasteiger partial charge in [0, 0.05) is 31.6 Å². The molecule has 138 valence electrons. The summed E-state index contributed by atoms with van der Waals surface area (Å²) >= 11 is 0. The summed E-state index contributed by atoms with van der Waals surface area (Å²) in [6.07, 6.45) is 5.32. The largest absolute Gasteiger partial charge is 0.455 e. The highest BCUT2D eigenvalue weighted by Gasteiger charge is 2.32. The molecule has 0 bridgehead atoms. The maximum atomic E-state index is 12.6. The number of aryl methyl sites for hydroxylation is 1. The average molecular weight is 362 g/mol. The van der Waals surface area contributed by atoms with E-state index in [1.165, 1.54) is 5.56 Å². The minimum absolute atomic E-state index is 0.0736. The van der Waals surface area contributed by atoms with Crippen LogP contribution in [0.15, 0.2) is 36.5 Å². The highest BCUT2D eigenvalue weighted by molar-refractivity contribution is 5.97. The van der Waals surface area contributed by atoms with Gasteiger partial charge in [-0.1, -0.05) is 19.1 Å². The van der Waals surface area contributed by atoms with Crippen molar-refractivity contribution in [1.29, 1.82) is 10.7 Å². The van der Waals surface area contributed by atoms with Gasteiger partial charge in [0.05, 0.1) is 23.2 Å². The highest BCUT2D eigenvalue weighted by atomic mass is 16.5.